The smallest absolute Gasteiger partial charge is 0.193 e. The molecule has 0 bridgehead atoms. The van der Waals surface area contributed by atoms with Gasteiger partial charge in [-0.3, -0.25) is 4.79 Å². The van der Waals surface area contributed by atoms with Crippen molar-refractivity contribution in [2.45, 2.75) is 32.5 Å². The molecule has 3 nitrogen and oxygen atoms in total. The number of rotatable bonds is 2. The quantitative estimate of drug-likeness (QED) is 0.714. The summed E-state index contributed by atoms with van der Waals surface area (Å²) in [4.78, 5) is 11.8. The van der Waals surface area contributed by atoms with Crippen LogP contribution in [0.15, 0.2) is 18.2 Å². The van der Waals surface area contributed by atoms with Gasteiger partial charge in [-0.15, -0.1) is 0 Å². The molecule has 2 N–H and O–H groups in total. The first-order valence-corrected chi connectivity index (χ1v) is 5.08. The Bertz CT molecular complexity index is 405. The summed E-state index contributed by atoms with van der Waals surface area (Å²) in [5, 5.41) is 12.8. The minimum Gasteiger partial charge on any atom is -0.382 e. The molecule has 0 fully saturated rings. The van der Waals surface area contributed by atoms with Gasteiger partial charge in [0, 0.05) is 18.7 Å². The highest BCUT2D eigenvalue weighted by Crippen LogP contribution is 2.20. The van der Waals surface area contributed by atoms with Crippen molar-refractivity contribution < 1.29 is 9.90 Å². The van der Waals surface area contributed by atoms with Crippen LogP contribution in [-0.2, 0) is 13.1 Å². The predicted octanol–water partition coefficient (Wildman–Crippen LogP) is 1.24. The Balaban J connectivity index is 2.35. The highest BCUT2D eigenvalue weighted by atomic mass is 16.3. The zero-order valence-electron chi connectivity index (χ0n) is 9.00. The fourth-order valence-electron chi connectivity index (χ4n) is 1.79. The van der Waals surface area contributed by atoms with Gasteiger partial charge in [0.05, 0.1) is 0 Å². The van der Waals surface area contributed by atoms with Crippen LogP contribution < -0.4 is 5.32 Å². The summed E-state index contributed by atoms with van der Waals surface area (Å²) >= 11 is 0. The summed E-state index contributed by atoms with van der Waals surface area (Å²) in [6, 6.07) is 5.61. The average molecular weight is 205 g/mol. The highest BCUT2D eigenvalue weighted by Gasteiger charge is 2.26. The van der Waals surface area contributed by atoms with Crippen LogP contribution in [0.4, 0.5) is 0 Å². The fraction of sp³-hybridized carbons (Fsp3) is 0.417. The number of nitrogens with one attached hydrogen (secondary N) is 1. The molecule has 0 saturated heterocycles. The molecular weight excluding hydrogens is 190 g/mol. The number of carbonyl (C=O) groups is 1. The number of carbonyl (C=O) groups excluding carboxylic acids is 1. The minimum atomic E-state index is -1.29. The highest BCUT2D eigenvalue weighted by molar-refractivity contribution is 6.01. The summed E-state index contributed by atoms with van der Waals surface area (Å²) in [5.74, 6) is -0.225. The van der Waals surface area contributed by atoms with E-state index in [0.29, 0.717) is 5.56 Å². The molecule has 0 aromatic heterocycles. The van der Waals surface area contributed by atoms with Gasteiger partial charge in [0.1, 0.15) is 5.60 Å². The van der Waals surface area contributed by atoms with Gasteiger partial charge in [-0.2, -0.15) is 0 Å². The molecular formula is C12H15NO2. The van der Waals surface area contributed by atoms with Crippen LogP contribution in [-0.4, -0.2) is 16.5 Å². The SMILES string of the molecule is CC(C)(O)C(=O)c1ccc2c(c1)CNC2. The molecule has 1 aliphatic heterocycles. The molecule has 0 atom stereocenters. The summed E-state index contributed by atoms with van der Waals surface area (Å²) in [7, 11) is 0. The molecule has 0 radical (unpaired) electrons. The van der Waals surface area contributed by atoms with Gasteiger partial charge in [0.15, 0.2) is 5.78 Å². The number of ketones is 1. The van der Waals surface area contributed by atoms with Gasteiger partial charge >= 0.3 is 0 Å². The second-order valence-electron chi connectivity index (χ2n) is 4.48. The molecule has 1 aromatic carbocycles. The lowest BCUT2D eigenvalue weighted by molar-refractivity contribution is 0.0488. The molecule has 1 heterocycles. The van der Waals surface area contributed by atoms with E-state index in [0.717, 1.165) is 18.7 Å². The molecule has 0 spiro atoms. The van der Waals surface area contributed by atoms with Gasteiger partial charge in [-0.25, -0.2) is 0 Å². The Morgan fingerprint density at radius 1 is 1.33 bits per heavy atom. The van der Waals surface area contributed by atoms with Crippen molar-refractivity contribution in [2.75, 3.05) is 0 Å². The van der Waals surface area contributed by atoms with Gasteiger partial charge in [-0.05, 0) is 31.0 Å². The predicted molar refractivity (Wildman–Crippen MR) is 57.6 cm³/mol. The monoisotopic (exact) mass is 205 g/mol. The zero-order chi connectivity index (χ0) is 11.1. The van der Waals surface area contributed by atoms with E-state index in [-0.39, 0.29) is 5.78 Å². The molecule has 2 rings (SSSR count). The van der Waals surface area contributed by atoms with Gasteiger partial charge < -0.3 is 10.4 Å². The second kappa shape index (κ2) is 3.43. The molecule has 1 aromatic rings. The summed E-state index contributed by atoms with van der Waals surface area (Å²) < 4.78 is 0. The Labute approximate surface area is 89.1 Å². The van der Waals surface area contributed by atoms with E-state index < -0.39 is 5.60 Å². The van der Waals surface area contributed by atoms with Crippen LogP contribution in [0.1, 0.15) is 35.3 Å². The average Bonchev–Trinajstić information content (AvgIpc) is 2.61. The molecule has 80 valence electrons. The largest absolute Gasteiger partial charge is 0.382 e. The Morgan fingerprint density at radius 3 is 2.67 bits per heavy atom. The lowest BCUT2D eigenvalue weighted by atomic mass is 9.94. The van der Waals surface area contributed by atoms with E-state index in [2.05, 4.69) is 5.32 Å². The van der Waals surface area contributed by atoms with Crippen molar-refractivity contribution in [3.63, 3.8) is 0 Å². The second-order valence-corrected chi connectivity index (χ2v) is 4.48. The fourth-order valence-corrected chi connectivity index (χ4v) is 1.79. The van der Waals surface area contributed by atoms with Gasteiger partial charge in [0.2, 0.25) is 0 Å². The third-order valence-corrected chi connectivity index (χ3v) is 2.66. The topological polar surface area (TPSA) is 49.3 Å². The Hall–Kier alpha value is -1.19. The van der Waals surface area contributed by atoms with Crippen LogP contribution in [0.2, 0.25) is 0 Å². The third kappa shape index (κ3) is 1.94. The number of hydrogen-bond acceptors (Lipinski definition) is 3. The van der Waals surface area contributed by atoms with Crippen molar-refractivity contribution in [1.29, 1.82) is 0 Å². The zero-order valence-corrected chi connectivity index (χ0v) is 9.00. The molecule has 15 heavy (non-hydrogen) atoms. The Kier molecular flexibility index (Phi) is 2.37. The van der Waals surface area contributed by atoms with Gasteiger partial charge in [-0.1, -0.05) is 12.1 Å². The summed E-state index contributed by atoms with van der Waals surface area (Å²) in [5.41, 5.74) is 1.69. The number of fused-ring (bicyclic) bond motifs is 1. The van der Waals surface area contributed by atoms with Crippen LogP contribution in [0.5, 0.6) is 0 Å². The maximum atomic E-state index is 11.8. The van der Waals surface area contributed by atoms with Crippen molar-refractivity contribution in [1.82, 2.24) is 5.32 Å². The summed E-state index contributed by atoms with van der Waals surface area (Å²) in [6.45, 7) is 4.70. The Morgan fingerprint density at radius 2 is 2.00 bits per heavy atom. The molecule has 1 aliphatic rings. The molecule has 0 saturated carbocycles. The standard InChI is InChI=1S/C12H15NO2/c1-12(2,15)11(14)8-3-4-9-6-13-7-10(9)5-8/h3-5,13,15H,6-7H2,1-2H3. The first-order valence-electron chi connectivity index (χ1n) is 5.08. The first-order chi connectivity index (χ1) is 6.98. The molecule has 0 unspecified atom stereocenters. The van der Waals surface area contributed by atoms with Crippen molar-refractivity contribution >= 4 is 5.78 Å². The lowest BCUT2D eigenvalue weighted by Gasteiger charge is -2.15. The van der Waals surface area contributed by atoms with Crippen LogP contribution >= 0.6 is 0 Å². The van der Waals surface area contributed by atoms with Crippen LogP contribution in [0, 0.1) is 0 Å². The van der Waals surface area contributed by atoms with Crippen LogP contribution in [0.25, 0.3) is 0 Å². The van der Waals surface area contributed by atoms with Crippen molar-refractivity contribution in [3.05, 3.63) is 34.9 Å². The normalized spacial score (nSPS) is 15.1. The van der Waals surface area contributed by atoms with E-state index in [4.69, 9.17) is 0 Å². The van der Waals surface area contributed by atoms with Crippen molar-refractivity contribution in [2.24, 2.45) is 0 Å². The third-order valence-electron chi connectivity index (χ3n) is 2.66. The lowest BCUT2D eigenvalue weighted by Crippen LogP contribution is -2.31. The minimum absolute atomic E-state index is 0.225. The van der Waals surface area contributed by atoms with E-state index in [1.807, 2.05) is 12.1 Å². The molecule has 0 amide bonds. The van der Waals surface area contributed by atoms with E-state index in [9.17, 15) is 9.90 Å². The van der Waals surface area contributed by atoms with E-state index in [1.165, 1.54) is 19.4 Å². The summed E-state index contributed by atoms with van der Waals surface area (Å²) in [6.07, 6.45) is 0. The van der Waals surface area contributed by atoms with Crippen LogP contribution in [0.3, 0.4) is 0 Å². The molecule has 3 heteroatoms. The van der Waals surface area contributed by atoms with Crippen molar-refractivity contribution in [3.8, 4) is 0 Å². The maximum Gasteiger partial charge on any atom is 0.193 e. The first kappa shape index (κ1) is 10.3. The van der Waals surface area contributed by atoms with E-state index in [1.54, 1.807) is 6.07 Å². The number of aliphatic hydroxyl groups is 1. The maximum absolute atomic E-state index is 11.8. The number of hydrogen-bond donors (Lipinski definition) is 2. The van der Waals surface area contributed by atoms with E-state index >= 15 is 0 Å². The number of benzene rings is 1. The van der Waals surface area contributed by atoms with Gasteiger partial charge in [0.25, 0.3) is 0 Å². The molecule has 0 aliphatic carbocycles. The number of Topliss-reactive ketones (excluding diaryl/α,β-unsaturated/α-hetero) is 1.